The van der Waals surface area contributed by atoms with E-state index >= 15 is 0 Å². The van der Waals surface area contributed by atoms with E-state index in [1.165, 1.54) is 0 Å². The minimum Gasteiger partial charge on any atom is -0.342 e. The topological polar surface area (TPSA) is 57.6 Å². The van der Waals surface area contributed by atoms with Crippen molar-refractivity contribution in [3.8, 4) is 0 Å². The second-order valence-corrected chi connectivity index (χ2v) is 8.54. The number of aryl methyl sites for hydroxylation is 1. The van der Waals surface area contributed by atoms with Crippen molar-refractivity contribution < 1.29 is 9.59 Å². The summed E-state index contributed by atoms with van der Waals surface area (Å²) in [4.78, 5) is 29.1. The number of halogens is 1. The molecule has 0 spiro atoms. The van der Waals surface area contributed by atoms with Crippen LogP contribution in [0.2, 0.25) is 5.02 Å². The first-order chi connectivity index (χ1) is 14.0. The molecular formula is C21H23ClN4O2S. The molecule has 0 saturated carbocycles. The third kappa shape index (κ3) is 4.32. The molecule has 0 atom stereocenters. The van der Waals surface area contributed by atoms with E-state index in [0.29, 0.717) is 18.8 Å². The van der Waals surface area contributed by atoms with Gasteiger partial charge in [-0.2, -0.15) is 0 Å². The highest BCUT2D eigenvalue weighted by atomic mass is 35.5. The Morgan fingerprint density at radius 3 is 2.62 bits per heavy atom. The average molecular weight is 431 g/mol. The summed E-state index contributed by atoms with van der Waals surface area (Å²) in [5, 5.41) is 5.54. The van der Waals surface area contributed by atoms with Gasteiger partial charge in [0, 0.05) is 44.8 Å². The number of rotatable bonds is 5. The summed E-state index contributed by atoms with van der Waals surface area (Å²) in [5.74, 6) is -0.270. The lowest BCUT2D eigenvalue weighted by atomic mass is 10.2. The SMILES string of the molecule is Cn1c(C(=O)NCC(=O)N2CCN(Cc3ccccc3Cl)CC2)cc2sccc21. The van der Waals surface area contributed by atoms with Crippen LogP contribution in [0.4, 0.5) is 0 Å². The Balaban J connectivity index is 1.26. The molecule has 3 heterocycles. The van der Waals surface area contributed by atoms with E-state index in [1.54, 1.807) is 11.3 Å². The van der Waals surface area contributed by atoms with Crippen LogP contribution in [0.1, 0.15) is 16.1 Å². The van der Waals surface area contributed by atoms with Crippen molar-refractivity contribution in [2.45, 2.75) is 6.54 Å². The van der Waals surface area contributed by atoms with Crippen LogP contribution in [0.5, 0.6) is 0 Å². The van der Waals surface area contributed by atoms with Crippen molar-refractivity contribution in [2.24, 2.45) is 7.05 Å². The van der Waals surface area contributed by atoms with E-state index in [2.05, 4.69) is 10.2 Å². The van der Waals surface area contributed by atoms with Crippen molar-refractivity contribution in [3.63, 3.8) is 0 Å². The summed E-state index contributed by atoms with van der Waals surface area (Å²) in [6, 6.07) is 11.7. The van der Waals surface area contributed by atoms with Crippen LogP contribution in [0.25, 0.3) is 10.2 Å². The first-order valence-electron chi connectivity index (χ1n) is 9.57. The van der Waals surface area contributed by atoms with Crippen molar-refractivity contribution >= 4 is 45.0 Å². The fourth-order valence-corrected chi connectivity index (χ4v) is 4.69. The van der Waals surface area contributed by atoms with Gasteiger partial charge in [0.05, 0.1) is 16.8 Å². The van der Waals surface area contributed by atoms with Gasteiger partial charge in [0.25, 0.3) is 5.91 Å². The van der Waals surface area contributed by atoms with Crippen LogP contribution >= 0.6 is 22.9 Å². The van der Waals surface area contributed by atoms with Gasteiger partial charge >= 0.3 is 0 Å². The van der Waals surface area contributed by atoms with Gasteiger partial charge in [-0.15, -0.1) is 11.3 Å². The molecule has 0 radical (unpaired) electrons. The average Bonchev–Trinajstić information content (AvgIpc) is 3.31. The van der Waals surface area contributed by atoms with E-state index < -0.39 is 0 Å². The number of amides is 2. The molecule has 2 amide bonds. The monoisotopic (exact) mass is 430 g/mol. The molecule has 3 aromatic rings. The smallest absolute Gasteiger partial charge is 0.268 e. The largest absolute Gasteiger partial charge is 0.342 e. The van der Waals surface area contributed by atoms with Gasteiger partial charge in [0.1, 0.15) is 5.69 Å². The summed E-state index contributed by atoms with van der Waals surface area (Å²) in [6.45, 7) is 3.68. The molecule has 8 heteroatoms. The Hall–Kier alpha value is -2.35. The molecule has 29 heavy (non-hydrogen) atoms. The molecule has 1 saturated heterocycles. The number of fused-ring (bicyclic) bond motifs is 1. The van der Waals surface area contributed by atoms with E-state index in [1.807, 2.05) is 58.3 Å². The fraction of sp³-hybridized carbons (Fsp3) is 0.333. The fourth-order valence-electron chi connectivity index (χ4n) is 3.65. The first-order valence-corrected chi connectivity index (χ1v) is 10.8. The molecule has 6 nitrogen and oxygen atoms in total. The Bertz CT molecular complexity index is 1040. The Kier molecular flexibility index (Phi) is 5.89. The predicted molar refractivity (Wildman–Crippen MR) is 116 cm³/mol. The normalized spacial score (nSPS) is 15.0. The van der Waals surface area contributed by atoms with Crippen molar-refractivity contribution in [3.05, 3.63) is 58.1 Å². The van der Waals surface area contributed by atoms with Gasteiger partial charge in [-0.05, 0) is 29.1 Å². The van der Waals surface area contributed by atoms with Crippen LogP contribution in [-0.2, 0) is 18.4 Å². The highest BCUT2D eigenvalue weighted by Gasteiger charge is 2.22. The summed E-state index contributed by atoms with van der Waals surface area (Å²) in [5.41, 5.74) is 2.70. The van der Waals surface area contributed by atoms with E-state index in [0.717, 1.165) is 40.4 Å². The third-order valence-electron chi connectivity index (χ3n) is 5.37. The number of hydrogen-bond acceptors (Lipinski definition) is 4. The minimum atomic E-state index is -0.221. The number of nitrogens with zero attached hydrogens (tertiary/aromatic N) is 3. The van der Waals surface area contributed by atoms with Crippen LogP contribution in [0.3, 0.4) is 0 Å². The highest BCUT2D eigenvalue weighted by Crippen LogP contribution is 2.24. The summed E-state index contributed by atoms with van der Waals surface area (Å²) in [6.07, 6.45) is 0. The third-order valence-corrected chi connectivity index (χ3v) is 6.60. The molecule has 1 aliphatic heterocycles. The lowest BCUT2D eigenvalue weighted by molar-refractivity contribution is -0.131. The van der Waals surface area contributed by atoms with Crippen molar-refractivity contribution in [1.29, 1.82) is 0 Å². The first kappa shape index (κ1) is 19.9. The van der Waals surface area contributed by atoms with Crippen LogP contribution < -0.4 is 5.32 Å². The quantitative estimate of drug-likeness (QED) is 0.677. The molecule has 2 aromatic heterocycles. The van der Waals surface area contributed by atoms with E-state index in [4.69, 9.17) is 11.6 Å². The lowest BCUT2D eigenvalue weighted by Gasteiger charge is -2.35. The second-order valence-electron chi connectivity index (χ2n) is 7.19. The molecule has 0 bridgehead atoms. The number of carbonyl (C=O) groups excluding carboxylic acids is 2. The molecule has 152 valence electrons. The zero-order valence-electron chi connectivity index (χ0n) is 16.2. The Morgan fingerprint density at radius 2 is 1.90 bits per heavy atom. The Labute approximate surface area is 178 Å². The van der Waals surface area contributed by atoms with Crippen LogP contribution in [0.15, 0.2) is 41.8 Å². The number of piperazine rings is 1. The number of nitrogens with one attached hydrogen (secondary N) is 1. The van der Waals surface area contributed by atoms with Gasteiger partial charge in [-0.25, -0.2) is 0 Å². The molecular weight excluding hydrogens is 408 g/mol. The standard InChI is InChI=1S/C21H23ClN4O2S/c1-24-17-6-11-29-19(17)12-18(24)21(28)23-13-20(27)26-9-7-25(8-10-26)14-15-4-2-3-5-16(15)22/h2-6,11-12H,7-10,13-14H2,1H3,(H,23,28). The summed E-state index contributed by atoms with van der Waals surface area (Å²) < 4.78 is 2.93. The van der Waals surface area contributed by atoms with E-state index in [9.17, 15) is 9.59 Å². The number of hydrogen-bond donors (Lipinski definition) is 1. The zero-order chi connectivity index (χ0) is 20.4. The van der Waals surface area contributed by atoms with Crippen molar-refractivity contribution in [2.75, 3.05) is 32.7 Å². The number of carbonyl (C=O) groups is 2. The summed E-state index contributed by atoms with van der Waals surface area (Å²) in [7, 11) is 1.87. The van der Waals surface area contributed by atoms with Gasteiger partial charge in [-0.3, -0.25) is 14.5 Å². The number of thiophene rings is 1. The maximum absolute atomic E-state index is 12.5. The van der Waals surface area contributed by atoms with E-state index in [-0.39, 0.29) is 18.4 Å². The lowest BCUT2D eigenvalue weighted by Crippen LogP contribution is -2.50. The maximum atomic E-state index is 12.5. The van der Waals surface area contributed by atoms with Gasteiger partial charge in [-0.1, -0.05) is 29.8 Å². The molecule has 1 N–H and O–H groups in total. The van der Waals surface area contributed by atoms with Gasteiger partial charge in [0.15, 0.2) is 0 Å². The molecule has 0 unspecified atom stereocenters. The maximum Gasteiger partial charge on any atom is 0.268 e. The van der Waals surface area contributed by atoms with Gasteiger partial charge < -0.3 is 14.8 Å². The number of benzene rings is 1. The molecule has 1 aliphatic rings. The summed E-state index contributed by atoms with van der Waals surface area (Å²) >= 11 is 7.84. The van der Waals surface area contributed by atoms with Crippen molar-refractivity contribution in [1.82, 2.24) is 19.7 Å². The molecule has 1 aromatic carbocycles. The minimum absolute atomic E-state index is 0.0160. The zero-order valence-corrected chi connectivity index (χ0v) is 17.8. The number of aromatic nitrogens is 1. The Morgan fingerprint density at radius 1 is 1.14 bits per heavy atom. The molecule has 0 aliphatic carbocycles. The van der Waals surface area contributed by atoms with Gasteiger partial charge in [0.2, 0.25) is 5.91 Å². The second kappa shape index (κ2) is 8.57. The van der Waals surface area contributed by atoms with Crippen LogP contribution in [0, 0.1) is 0 Å². The predicted octanol–water partition coefficient (Wildman–Crippen LogP) is 2.97. The van der Waals surface area contributed by atoms with Crippen LogP contribution in [-0.4, -0.2) is 58.9 Å². The highest BCUT2D eigenvalue weighted by molar-refractivity contribution is 7.17. The molecule has 1 fully saturated rings. The molecule has 4 rings (SSSR count).